The van der Waals surface area contributed by atoms with Gasteiger partial charge in [0.15, 0.2) is 9.84 Å². The molecule has 0 aromatic carbocycles. The number of sulfone groups is 1. The average molecular weight is 191 g/mol. The summed E-state index contributed by atoms with van der Waals surface area (Å²) in [6.07, 6.45) is 3.41. The predicted molar refractivity (Wildman–Crippen MR) is 45.2 cm³/mol. The summed E-state index contributed by atoms with van der Waals surface area (Å²) in [5.74, 6) is -0.692. The summed E-state index contributed by atoms with van der Waals surface area (Å²) < 4.78 is 21.3. The molecular weight excluding hydrogens is 178 g/mol. The molecule has 0 bridgehead atoms. The van der Waals surface area contributed by atoms with Crippen LogP contribution in [0.15, 0.2) is 0 Å². The fourth-order valence-corrected chi connectivity index (χ4v) is 3.14. The Morgan fingerprint density at radius 1 is 1.33 bits per heavy atom. The molecule has 1 fully saturated rings. The lowest BCUT2D eigenvalue weighted by Crippen LogP contribution is -2.47. The molecule has 0 spiro atoms. The molecule has 0 radical (unpaired) electrons. The Hall–Kier alpha value is -0.580. The molecule has 4 nitrogen and oxygen atoms in total. The molecule has 1 saturated carbocycles. The van der Waals surface area contributed by atoms with E-state index in [1.807, 2.05) is 0 Å². The van der Waals surface area contributed by atoms with Crippen LogP contribution >= 0.6 is 0 Å². The Morgan fingerprint density at radius 2 is 1.75 bits per heavy atom. The van der Waals surface area contributed by atoms with Crippen LogP contribution in [0.4, 0.5) is 0 Å². The Balaban J connectivity index is 3.12. The molecule has 70 valence electrons. The van der Waals surface area contributed by atoms with E-state index in [0.29, 0.717) is 12.8 Å². The lowest BCUT2D eigenvalue weighted by atomic mass is 10.1. The van der Waals surface area contributed by atoms with Crippen molar-refractivity contribution in [1.82, 2.24) is 0 Å². The quantitative estimate of drug-likeness (QED) is 0.658. The molecule has 1 rings (SSSR count). The van der Waals surface area contributed by atoms with Crippen LogP contribution in [0.25, 0.3) is 0 Å². The van der Waals surface area contributed by atoms with Gasteiger partial charge in [-0.15, -0.1) is 0 Å². The third-order valence-corrected chi connectivity index (χ3v) is 4.60. The van der Waals surface area contributed by atoms with E-state index in [4.69, 9.17) is 5.73 Å². The van der Waals surface area contributed by atoms with Gasteiger partial charge in [0.25, 0.3) is 0 Å². The first-order valence-electron chi connectivity index (χ1n) is 3.90. The zero-order valence-corrected chi connectivity index (χ0v) is 7.86. The van der Waals surface area contributed by atoms with Crippen molar-refractivity contribution in [2.45, 2.75) is 30.4 Å². The number of primary amides is 1. The Labute approximate surface area is 72.0 Å². The van der Waals surface area contributed by atoms with Gasteiger partial charge >= 0.3 is 0 Å². The smallest absolute Gasteiger partial charge is 0.238 e. The average Bonchev–Trinajstić information content (AvgIpc) is 2.31. The van der Waals surface area contributed by atoms with Crippen LogP contribution in [0.5, 0.6) is 0 Å². The van der Waals surface area contributed by atoms with Crippen molar-refractivity contribution in [1.29, 1.82) is 0 Å². The van der Waals surface area contributed by atoms with Gasteiger partial charge < -0.3 is 5.73 Å². The van der Waals surface area contributed by atoms with Crippen molar-refractivity contribution >= 4 is 15.7 Å². The van der Waals surface area contributed by atoms with Crippen molar-refractivity contribution in [2.75, 3.05) is 6.26 Å². The molecule has 0 aromatic rings. The maximum atomic E-state index is 11.3. The highest BCUT2D eigenvalue weighted by Gasteiger charge is 2.48. The van der Waals surface area contributed by atoms with E-state index in [1.54, 1.807) is 0 Å². The fourth-order valence-electron chi connectivity index (χ4n) is 1.75. The maximum absolute atomic E-state index is 11.3. The summed E-state index contributed by atoms with van der Waals surface area (Å²) in [7, 11) is -3.34. The molecule has 0 aromatic heterocycles. The molecule has 1 amide bonds. The first kappa shape index (κ1) is 9.51. The summed E-state index contributed by atoms with van der Waals surface area (Å²) in [4.78, 5) is 11.0. The van der Waals surface area contributed by atoms with E-state index in [1.165, 1.54) is 0 Å². The maximum Gasteiger partial charge on any atom is 0.238 e. The van der Waals surface area contributed by atoms with Crippen LogP contribution in [0.2, 0.25) is 0 Å². The minimum Gasteiger partial charge on any atom is -0.368 e. The molecular formula is C7H13NO3S. The largest absolute Gasteiger partial charge is 0.368 e. The molecule has 0 heterocycles. The topological polar surface area (TPSA) is 77.2 Å². The summed E-state index contributed by atoms with van der Waals surface area (Å²) in [6, 6.07) is 0. The van der Waals surface area contributed by atoms with E-state index in [9.17, 15) is 13.2 Å². The SMILES string of the molecule is CS(=O)(=O)C1(C(N)=O)CCCC1. The van der Waals surface area contributed by atoms with Gasteiger partial charge in [-0.1, -0.05) is 12.8 Å². The van der Waals surface area contributed by atoms with E-state index in [0.717, 1.165) is 19.1 Å². The highest BCUT2D eigenvalue weighted by atomic mass is 32.2. The van der Waals surface area contributed by atoms with Crippen molar-refractivity contribution in [3.8, 4) is 0 Å². The second-order valence-electron chi connectivity index (χ2n) is 3.34. The van der Waals surface area contributed by atoms with Gasteiger partial charge in [0.2, 0.25) is 5.91 Å². The van der Waals surface area contributed by atoms with Gasteiger partial charge in [-0.2, -0.15) is 0 Å². The zero-order valence-electron chi connectivity index (χ0n) is 7.04. The van der Waals surface area contributed by atoms with Gasteiger partial charge in [-0.3, -0.25) is 4.79 Å². The summed E-state index contributed by atoms with van der Waals surface area (Å²) in [5, 5.41) is 0. The molecule has 1 aliphatic rings. The van der Waals surface area contributed by atoms with Gasteiger partial charge in [-0.25, -0.2) is 8.42 Å². The Kier molecular flexibility index (Phi) is 2.16. The van der Waals surface area contributed by atoms with Crippen LogP contribution in [0.1, 0.15) is 25.7 Å². The molecule has 1 aliphatic carbocycles. The molecule has 2 N–H and O–H groups in total. The molecule has 0 aliphatic heterocycles. The first-order chi connectivity index (χ1) is 5.40. The number of amides is 1. The second-order valence-corrected chi connectivity index (χ2v) is 5.66. The molecule has 0 unspecified atom stereocenters. The van der Waals surface area contributed by atoms with Gasteiger partial charge in [0.05, 0.1) is 0 Å². The van der Waals surface area contributed by atoms with Gasteiger partial charge in [0.1, 0.15) is 4.75 Å². The van der Waals surface area contributed by atoms with Gasteiger partial charge in [0, 0.05) is 6.26 Å². The fraction of sp³-hybridized carbons (Fsp3) is 0.857. The minimum atomic E-state index is -3.34. The minimum absolute atomic E-state index is 0.390. The number of carbonyl (C=O) groups excluding carboxylic acids is 1. The third-order valence-electron chi connectivity index (χ3n) is 2.57. The van der Waals surface area contributed by atoms with Crippen molar-refractivity contribution in [3.63, 3.8) is 0 Å². The van der Waals surface area contributed by atoms with Crippen molar-refractivity contribution in [3.05, 3.63) is 0 Å². The molecule has 0 saturated heterocycles. The molecule has 5 heteroatoms. The number of rotatable bonds is 2. The first-order valence-corrected chi connectivity index (χ1v) is 5.79. The summed E-state index contributed by atoms with van der Waals surface area (Å²) in [6.45, 7) is 0. The summed E-state index contributed by atoms with van der Waals surface area (Å²) >= 11 is 0. The van der Waals surface area contributed by atoms with Crippen molar-refractivity contribution in [2.24, 2.45) is 5.73 Å². The van der Waals surface area contributed by atoms with Crippen LogP contribution in [-0.4, -0.2) is 25.3 Å². The van der Waals surface area contributed by atoms with Gasteiger partial charge in [-0.05, 0) is 12.8 Å². The van der Waals surface area contributed by atoms with E-state index < -0.39 is 20.5 Å². The van der Waals surface area contributed by atoms with Crippen LogP contribution in [0.3, 0.4) is 0 Å². The standard InChI is InChI=1S/C7H13NO3S/c1-12(10,11)7(6(8)9)4-2-3-5-7/h2-5H2,1H3,(H2,8,9). The predicted octanol–water partition coefficient (Wildman–Crippen LogP) is -0.171. The Bertz CT molecular complexity index is 288. The number of nitrogens with two attached hydrogens (primary N) is 1. The van der Waals surface area contributed by atoms with E-state index >= 15 is 0 Å². The van der Waals surface area contributed by atoms with E-state index in [2.05, 4.69) is 0 Å². The van der Waals surface area contributed by atoms with Crippen LogP contribution < -0.4 is 5.73 Å². The lowest BCUT2D eigenvalue weighted by molar-refractivity contribution is -0.120. The zero-order chi connectivity index (χ0) is 9.41. The molecule has 0 atom stereocenters. The highest BCUT2D eigenvalue weighted by molar-refractivity contribution is 7.92. The third kappa shape index (κ3) is 1.22. The number of hydrogen-bond acceptors (Lipinski definition) is 3. The normalized spacial score (nSPS) is 22.4. The van der Waals surface area contributed by atoms with Crippen LogP contribution in [-0.2, 0) is 14.6 Å². The molecule has 12 heavy (non-hydrogen) atoms. The number of hydrogen-bond donors (Lipinski definition) is 1. The van der Waals surface area contributed by atoms with E-state index in [-0.39, 0.29) is 0 Å². The van der Waals surface area contributed by atoms with Crippen LogP contribution in [0, 0.1) is 0 Å². The Morgan fingerprint density at radius 3 is 1.92 bits per heavy atom. The lowest BCUT2D eigenvalue weighted by Gasteiger charge is -2.22. The second kappa shape index (κ2) is 2.73. The van der Waals surface area contributed by atoms with Crippen molar-refractivity contribution < 1.29 is 13.2 Å². The monoisotopic (exact) mass is 191 g/mol. The number of carbonyl (C=O) groups is 1. The summed E-state index contributed by atoms with van der Waals surface area (Å²) in [5.41, 5.74) is 5.10. The highest BCUT2D eigenvalue weighted by Crippen LogP contribution is 2.35.